The van der Waals surface area contributed by atoms with E-state index in [1.54, 1.807) is 7.11 Å². The summed E-state index contributed by atoms with van der Waals surface area (Å²) >= 11 is 0. The van der Waals surface area contributed by atoms with E-state index in [4.69, 9.17) is 29.8 Å². The van der Waals surface area contributed by atoms with Gasteiger partial charge in [-0.3, -0.25) is 0 Å². The molecule has 1 heterocycles. The number of hydrogen-bond donors (Lipinski definition) is 2. The van der Waals surface area contributed by atoms with Crippen LogP contribution in [0.5, 0.6) is 23.1 Å². The van der Waals surface area contributed by atoms with Gasteiger partial charge in [-0.15, -0.1) is 0 Å². The standard InChI is InChI=1S/C22H24N2O3.C2HF3O2/c1-25-12-6-7-18-13-17(16-23)14-22(24-18)27-21-11-5-10-20(15-21)26-19-8-3-2-4-9-19;3-2(4,5)1(6)7/h2-5,8-11,13-15H,6-7,12,16,23H2,1H3;(H,6,7). The molecule has 0 bridgehead atoms. The van der Waals surface area contributed by atoms with Crippen LogP contribution in [0.1, 0.15) is 17.7 Å². The van der Waals surface area contributed by atoms with Gasteiger partial charge in [-0.1, -0.05) is 24.3 Å². The smallest absolute Gasteiger partial charge is 0.475 e. The van der Waals surface area contributed by atoms with E-state index in [1.165, 1.54) is 0 Å². The zero-order valence-electron chi connectivity index (χ0n) is 18.4. The van der Waals surface area contributed by atoms with Crippen LogP contribution in [0.25, 0.3) is 0 Å². The maximum absolute atomic E-state index is 10.6. The topological polar surface area (TPSA) is 104 Å². The van der Waals surface area contributed by atoms with E-state index in [9.17, 15) is 13.2 Å². The Morgan fingerprint density at radius 3 is 2.18 bits per heavy atom. The van der Waals surface area contributed by atoms with Gasteiger partial charge in [0.05, 0.1) is 0 Å². The highest BCUT2D eigenvalue weighted by Crippen LogP contribution is 2.28. The van der Waals surface area contributed by atoms with Gasteiger partial charge in [-0.05, 0) is 48.7 Å². The van der Waals surface area contributed by atoms with Crippen molar-refractivity contribution in [2.75, 3.05) is 13.7 Å². The Morgan fingerprint density at radius 2 is 1.59 bits per heavy atom. The Bertz CT molecular complexity index is 1050. The number of carboxylic acids is 1. The Labute approximate surface area is 194 Å². The van der Waals surface area contributed by atoms with Gasteiger partial charge in [-0.25, -0.2) is 9.78 Å². The molecule has 0 unspecified atom stereocenters. The van der Waals surface area contributed by atoms with Crippen LogP contribution in [0.3, 0.4) is 0 Å². The minimum atomic E-state index is -5.08. The van der Waals surface area contributed by atoms with E-state index in [0.29, 0.717) is 30.5 Å². The Balaban J connectivity index is 0.000000509. The largest absolute Gasteiger partial charge is 0.490 e. The summed E-state index contributed by atoms with van der Waals surface area (Å²) in [6.45, 7) is 1.14. The van der Waals surface area contributed by atoms with Crippen molar-refractivity contribution in [2.24, 2.45) is 5.73 Å². The third-order valence-electron chi connectivity index (χ3n) is 4.18. The fourth-order valence-corrected chi connectivity index (χ4v) is 2.66. The van der Waals surface area contributed by atoms with Gasteiger partial charge in [0.1, 0.15) is 17.2 Å². The lowest BCUT2D eigenvalue weighted by Gasteiger charge is -2.11. The summed E-state index contributed by atoms with van der Waals surface area (Å²) in [5.41, 5.74) is 7.75. The number of hydrogen-bond acceptors (Lipinski definition) is 6. The molecule has 3 aromatic rings. The first kappa shape index (κ1) is 26.6. The second-order valence-corrected chi connectivity index (χ2v) is 6.90. The molecule has 34 heavy (non-hydrogen) atoms. The van der Waals surface area contributed by atoms with Crippen molar-refractivity contribution in [3.05, 3.63) is 78.0 Å². The van der Waals surface area contributed by atoms with Crippen LogP contribution in [0, 0.1) is 0 Å². The number of halogens is 3. The quantitative estimate of drug-likeness (QED) is 0.400. The van der Waals surface area contributed by atoms with Gasteiger partial charge >= 0.3 is 12.1 Å². The average Bonchev–Trinajstić information content (AvgIpc) is 2.80. The van der Waals surface area contributed by atoms with Crippen LogP contribution in [-0.2, 0) is 22.5 Å². The van der Waals surface area contributed by atoms with Crippen molar-refractivity contribution in [1.82, 2.24) is 4.98 Å². The van der Waals surface area contributed by atoms with Crippen molar-refractivity contribution in [3.8, 4) is 23.1 Å². The number of carbonyl (C=O) groups is 1. The first-order chi connectivity index (χ1) is 16.2. The van der Waals surface area contributed by atoms with Gasteiger partial charge in [0, 0.05) is 38.1 Å². The second-order valence-electron chi connectivity index (χ2n) is 6.90. The lowest BCUT2D eigenvalue weighted by atomic mass is 10.1. The van der Waals surface area contributed by atoms with Crippen molar-refractivity contribution < 1.29 is 37.3 Å². The van der Waals surface area contributed by atoms with Crippen molar-refractivity contribution in [1.29, 1.82) is 0 Å². The monoisotopic (exact) mass is 478 g/mol. The summed E-state index contributed by atoms with van der Waals surface area (Å²) < 4.78 is 48.7. The molecule has 1 aromatic heterocycles. The third kappa shape index (κ3) is 9.47. The predicted octanol–water partition coefficient (Wildman–Crippen LogP) is 5.34. The molecule has 0 spiro atoms. The van der Waals surface area contributed by atoms with Crippen LogP contribution in [0.4, 0.5) is 13.2 Å². The number of aromatic nitrogens is 1. The molecule has 0 radical (unpaired) electrons. The number of nitrogens with two attached hydrogens (primary N) is 1. The summed E-state index contributed by atoms with van der Waals surface area (Å²) in [5, 5.41) is 7.12. The minimum Gasteiger partial charge on any atom is -0.475 e. The number of pyridine rings is 1. The first-order valence-electron chi connectivity index (χ1n) is 10.2. The van der Waals surface area contributed by atoms with Crippen LogP contribution in [0.15, 0.2) is 66.7 Å². The fraction of sp³-hybridized carbons (Fsp3) is 0.250. The molecule has 7 nitrogen and oxygen atoms in total. The summed E-state index contributed by atoms with van der Waals surface area (Å²) in [6, 6.07) is 21.0. The molecule has 0 atom stereocenters. The summed E-state index contributed by atoms with van der Waals surface area (Å²) in [6.07, 6.45) is -3.37. The second kappa shape index (κ2) is 13.2. The number of alkyl halides is 3. The molecule has 0 saturated carbocycles. The van der Waals surface area contributed by atoms with E-state index in [2.05, 4.69) is 4.98 Å². The van der Waals surface area contributed by atoms with E-state index in [1.807, 2.05) is 66.7 Å². The Hall–Kier alpha value is -3.63. The number of aliphatic carboxylic acids is 1. The molecule has 0 amide bonds. The maximum Gasteiger partial charge on any atom is 0.490 e. The molecule has 0 fully saturated rings. The molecule has 10 heteroatoms. The Morgan fingerprint density at radius 1 is 0.971 bits per heavy atom. The molecule has 2 aromatic carbocycles. The number of para-hydroxylation sites is 1. The van der Waals surface area contributed by atoms with Crippen LogP contribution in [-0.4, -0.2) is 36.0 Å². The number of benzene rings is 2. The molecule has 0 aliphatic rings. The molecule has 0 aliphatic carbocycles. The maximum atomic E-state index is 10.6. The molecular formula is C24H25F3N2O5. The highest BCUT2D eigenvalue weighted by molar-refractivity contribution is 5.73. The van der Waals surface area contributed by atoms with E-state index in [-0.39, 0.29) is 0 Å². The minimum absolute atomic E-state index is 0.438. The van der Waals surface area contributed by atoms with Gasteiger partial charge < -0.3 is 25.1 Å². The number of carboxylic acid groups (broad SMARTS) is 1. The van der Waals surface area contributed by atoms with E-state index < -0.39 is 12.1 Å². The first-order valence-corrected chi connectivity index (χ1v) is 10.2. The van der Waals surface area contributed by atoms with Crippen molar-refractivity contribution >= 4 is 5.97 Å². The molecule has 182 valence electrons. The van der Waals surface area contributed by atoms with E-state index in [0.717, 1.165) is 29.8 Å². The van der Waals surface area contributed by atoms with Crippen LogP contribution in [0.2, 0.25) is 0 Å². The summed E-state index contributed by atoms with van der Waals surface area (Å²) in [5.74, 6) is -0.0880. The molecule has 0 saturated heterocycles. The molecule has 3 N–H and O–H groups in total. The molecular weight excluding hydrogens is 453 g/mol. The van der Waals surface area contributed by atoms with Crippen LogP contribution < -0.4 is 15.2 Å². The van der Waals surface area contributed by atoms with Crippen molar-refractivity contribution in [3.63, 3.8) is 0 Å². The summed E-state index contributed by atoms with van der Waals surface area (Å²) in [4.78, 5) is 13.5. The highest BCUT2D eigenvalue weighted by atomic mass is 19.4. The number of methoxy groups -OCH3 is 1. The molecule has 0 aliphatic heterocycles. The van der Waals surface area contributed by atoms with Gasteiger partial charge in [0.25, 0.3) is 0 Å². The lowest BCUT2D eigenvalue weighted by molar-refractivity contribution is -0.192. The number of nitrogens with zero attached hydrogens (tertiary/aromatic N) is 1. The predicted molar refractivity (Wildman–Crippen MR) is 119 cm³/mol. The van der Waals surface area contributed by atoms with Gasteiger partial charge in [-0.2, -0.15) is 13.2 Å². The fourth-order valence-electron chi connectivity index (χ4n) is 2.66. The van der Waals surface area contributed by atoms with E-state index >= 15 is 0 Å². The Kier molecular flexibility index (Phi) is 10.3. The average molecular weight is 478 g/mol. The van der Waals surface area contributed by atoms with Gasteiger partial charge in [0.2, 0.25) is 5.88 Å². The number of aryl methyl sites for hydroxylation is 1. The van der Waals surface area contributed by atoms with Gasteiger partial charge in [0.15, 0.2) is 0 Å². The number of rotatable bonds is 9. The van der Waals surface area contributed by atoms with Crippen molar-refractivity contribution in [2.45, 2.75) is 25.6 Å². The number of ether oxygens (including phenoxy) is 3. The highest BCUT2D eigenvalue weighted by Gasteiger charge is 2.38. The SMILES string of the molecule is COCCCc1cc(CN)cc(Oc2cccc(Oc3ccccc3)c2)n1.O=C(O)C(F)(F)F. The summed E-state index contributed by atoms with van der Waals surface area (Å²) in [7, 11) is 1.70. The van der Waals surface area contributed by atoms with Crippen LogP contribution >= 0.6 is 0 Å². The normalized spacial score (nSPS) is 10.7. The third-order valence-corrected chi connectivity index (χ3v) is 4.18. The zero-order valence-corrected chi connectivity index (χ0v) is 18.4. The zero-order chi connectivity index (χ0) is 25.0. The lowest BCUT2D eigenvalue weighted by Crippen LogP contribution is -2.21. The molecule has 3 rings (SSSR count).